The molecule has 4 fully saturated rings. The summed E-state index contributed by atoms with van der Waals surface area (Å²) in [5.41, 5.74) is 2.15. The Morgan fingerprint density at radius 3 is 1.94 bits per heavy atom. The summed E-state index contributed by atoms with van der Waals surface area (Å²) in [7, 11) is 0. The van der Waals surface area contributed by atoms with E-state index in [0.29, 0.717) is 30.1 Å². The third-order valence-electron chi connectivity index (χ3n) is 17.2. The molecule has 0 bridgehead atoms. The smallest absolute Gasteiger partial charge is 0.306 e. The van der Waals surface area contributed by atoms with Gasteiger partial charge in [-0.2, -0.15) is 0 Å². The highest BCUT2D eigenvalue weighted by Gasteiger charge is 2.69. The highest BCUT2D eigenvalue weighted by atomic mass is 16.5. The Balaban J connectivity index is 1.14. The number of hydrogen-bond acceptors (Lipinski definition) is 3. The lowest BCUT2D eigenvalue weighted by atomic mass is 9.33. The number of fused-ring (bicyclic) bond motifs is 7. The summed E-state index contributed by atoms with van der Waals surface area (Å²) in [6, 6.07) is 0. The molecular formula is C46H80O3. The zero-order valence-electron chi connectivity index (χ0n) is 33.9. The van der Waals surface area contributed by atoms with E-state index in [1.54, 1.807) is 5.57 Å². The van der Waals surface area contributed by atoms with Gasteiger partial charge in [-0.15, -0.1) is 0 Å². The van der Waals surface area contributed by atoms with E-state index in [-0.39, 0.29) is 45.3 Å². The first-order valence-electron chi connectivity index (χ1n) is 21.7. The van der Waals surface area contributed by atoms with Gasteiger partial charge in [0.05, 0.1) is 6.10 Å². The normalized spacial score (nSPS) is 42.7. The number of esters is 1. The Morgan fingerprint density at radius 2 is 1.33 bits per heavy atom. The molecule has 4 saturated carbocycles. The number of carbonyl (C=O) groups excluding carboxylic acids is 1. The van der Waals surface area contributed by atoms with Crippen LogP contribution in [0, 0.1) is 56.7 Å². The molecule has 0 amide bonds. The first kappa shape index (κ1) is 39.4. The van der Waals surface area contributed by atoms with E-state index in [0.717, 1.165) is 44.4 Å². The van der Waals surface area contributed by atoms with Crippen LogP contribution in [0.3, 0.4) is 0 Å². The van der Waals surface area contributed by atoms with Crippen molar-refractivity contribution in [3.05, 3.63) is 11.6 Å². The Hall–Kier alpha value is -0.830. The molecule has 5 rings (SSSR count). The van der Waals surface area contributed by atoms with Crippen molar-refractivity contribution in [2.45, 2.75) is 216 Å². The van der Waals surface area contributed by atoms with Gasteiger partial charge in [-0.25, -0.2) is 0 Å². The fourth-order valence-electron chi connectivity index (χ4n) is 13.6. The van der Waals surface area contributed by atoms with E-state index < -0.39 is 0 Å². The van der Waals surface area contributed by atoms with E-state index in [2.05, 4.69) is 68.4 Å². The maximum absolute atomic E-state index is 13.2. The quantitative estimate of drug-likeness (QED) is 0.106. The maximum Gasteiger partial charge on any atom is 0.306 e. The van der Waals surface area contributed by atoms with Gasteiger partial charge in [0, 0.05) is 17.3 Å². The third-order valence-corrected chi connectivity index (χ3v) is 17.2. The van der Waals surface area contributed by atoms with Crippen LogP contribution < -0.4 is 0 Å². The number of unbranched alkanes of at least 4 members (excludes halogenated alkanes) is 12. The van der Waals surface area contributed by atoms with Gasteiger partial charge in [-0.3, -0.25) is 4.79 Å². The molecule has 0 radical (unpaired) electrons. The van der Waals surface area contributed by atoms with Crippen LogP contribution in [-0.4, -0.2) is 23.3 Å². The van der Waals surface area contributed by atoms with Gasteiger partial charge < -0.3 is 9.84 Å². The van der Waals surface area contributed by atoms with Crippen molar-refractivity contribution >= 4 is 5.97 Å². The van der Waals surface area contributed by atoms with Gasteiger partial charge in [0.1, 0.15) is 6.10 Å². The van der Waals surface area contributed by atoms with Gasteiger partial charge in [-0.05, 0) is 104 Å². The summed E-state index contributed by atoms with van der Waals surface area (Å²) in [4.78, 5) is 13.2. The minimum Gasteiger partial charge on any atom is -0.462 e. The van der Waals surface area contributed by atoms with Crippen LogP contribution in [-0.2, 0) is 9.53 Å². The van der Waals surface area contributed by atoms with Crippen molar-refractivity contribution in [1.29, 1.82) is 0 Å². The average molecular weight is 681 g/mol. The van der Waals surface area contributed by atoms with E-state index in [1.165, 1.54) is 96.3 Å². The molecule has 0 saturated heterocycles. The summed E-state index contributed by atoms with van der Waals surface area (Å²) in [5.74, 6) is 3.02. The van der Waals surface area contributed by atoms with Crippen molar-refractivity contribution in [2.24, 2.45) is 56.7 Å². The zero-order valence-corrected chi connectivity index (χ0v) is 33.9. The molecule has 0 aliphatic heterocycles. The molecule has 1 N–H and O–H groups in total. The second kappa shape index (κ2) is 15.6. The van der Waals surface area contributed by atoms with E-state index in [1.807, 2.05) is 0 Å². The summed E-state index contributed by atoms with van der Waals surface area (Å²) in [6.07, 6.45) is 29.4. The topological polar surface area (TPSA) is 46.5 Å². The summed E-state index contributed by atoms with van der Waals surface area (Å²) in [6.45, 7) is 22.3. The number of carbonyl (C=O) groups is 1. The lowest BCUT2D eigenvalue weighted by Gasteiger charge is -2.72. The molecule has 0 aromatic heterocycles. The van der Waals surface area contributed by atoms with Crippen LogP contribution in [0.2, 0.25) is 0 Å². The van der Waals surface area contributed by atoms with E-state index >= 15 is 0 Å². The number of aliphatic hydroxyl groups excluding tert-OH is 1. The van der Waals surface area contributed by atoms with Crippen LogP contribution in [0.15, 0.2) is 11.6 Å². The Labute approximate surface area is 304 Å². The van der Waals surface area contributed by atoms with Gasteiger partial charge >= 0.3 is 5.97 Å². The fourth-order valence-corrected chi connectivity index (χ4v) is 13.6. The predicted molar refractivity (Wildman–Crippen MR) is 206 cm³/mol. The lowest BCUT2D eigenvalue weighted by molar-refractivity contribution is -0.221. The van der Waals surface area contributed by atoms with Crippen LogP contribution in [0.4, 0.5) is 0 Å². The second-order valence-electron chi connectivity index (χ2n) is 20.2. The van der Waals surface area contributed by atoms with Crippen LogP contribution in [0.25, 0.3) is 0 Å². The van der Waals surface area contributed by atoms with Crippen molar-refractivity contribution < 1.29 is 14.6 Å². The van der Waals surface area contributed by atoms with Gasteiger partial charge in [0.15, 0.2) is 0 Å². The zero-order chi connectivity index (χ0) is 35.7. The molecule has 0 aromatic carbocycles. The third kappa shape index (κ3) is 7.26. The first-order valence-corrected chi connectivity index (χ1v) is 21.7. The number of aliphatic hydroxyl groups is 1. The molecule has 0 unspecified atom stereocenters. The Bertz CT molecular complexity index is 1140. The Kier molecular flexibility index (Phi) is 12.6. The van der Waals surface area contributed by atoms with E-state index in [4.69, 9.17) is 4.74 Å². The highest BCUT2D eigenvalue weighted by molar-refractivity contribution is 5.69. The van der Waals surface area contributed by atoms with Crippen molar-refractivity contribution in [1.82, 2.24) is 0 Å². The minimum atomic E-state index is -0.225. The molecule has 49 heavy (non-hydrogen) atoms. The molecule has 282 valence electrons. The van der Waals surface area contributed by atoms with E-state index in [9.17, 15) is 9.90 Å². The number of allylic oxidation sites excluding steroid dienone is 2. The van der Waals surface area contributed by atoms with Gasteiger partial charge in [-0.1, -0.05) is 151 Å². The number of hydrogen-bond donors (Lipinski definition) is 1. The molecule has 0 heterocycles. The van der Waals surface area contributed by atoms with Crippen LogP contribution in [0.1, 0.15) is 204 Å². The summed E-state index contributed by atoms with van der Waals surface area (Å²) < 4.78 is 6.40. The molecule has 0 aromatic rings. The first-order chi connectivity index (χ1) is 23.2. The molecule has 0 spiro atoms. The number of ether oxygens (including phenoxy) is 1. The summed E-state index contributed by atoms with van der Waals surface area (Å²) in [5, 5.41) is 12.0. The highest BCUT2D eigenvalue weighted by Crippen LogP contribution is 2.75. The molecular weight excluding hydrogens is 601 g/mol. The largest absolute Gasteiger partial charge is 0.462 e. The molecule has 11 atom stereocenters. The van der Waals surface area contributed by atoms with Gasteiger partial charge in [0.25, 0.3) is 0 Å². The number of rotatable bonds is 15. The Morgan fingerprint density at radius 1 is 0.755 bits per heavy atom. The minimum absolute atomic E-state index is 0.0123. The molecule has 3 heteroatoms. The monoisotopic (exact) mass is 681 g/mol. The van der Waals surface area contributed by atoms with Crippen LogP contribution >= 0.6 is 0 Å². The SMILES string of the molecule is CCCCCCCCCCCCCCCC(=O)O[C@H]1CC[C@]2(C)[C@H]3CC=C4[C@@H]5[C@@H](C)[C@H](C)CC[C@]5(C)[C@@H](O)C[C@@]4(C)[C@]3(C)CC[C@H]2C1(C)C. The fraction of sp³-hybridized carbons (Fsp3) is 0.935. The van der Waals surface area contributed by atoms with Crippen LogP contribution in [0.5, 0.6) is 0 Å². The molecule has 5 aliphatic rings. The second-order valence-corrected chi connectivity index (χ2v) is 20.2. The lowest BCUT2D eigenvalue weighted by Crippen LogP contribution is -2.66. The predicted octanol–water partition coefficient (Wildman–Crippen LogP) is 13.0. The molecule has 3 nitrogen and oxygen atoms in total. The average Bonchev–Trinajstić information content (AvgIpc) is 3.04. The van der Waals surface area contributed by atoms with Crippen molar-refractivity contribution in [3.8, 4) is 0 Å². The standard InChI is InChI=1S/C46H80O3/c1-10-11-12-13-14-15-16-17-18-19-20-21-22-23-40(48)49-39-28-30-43(6)36(42(39,4)5)27-31-45(8)37(43)25-24-35-41-34(3)33(2)26-29-44(41,7)38(47)32-46(35,45)9/h24,33-34,36-39,41,47H,10-23,25-32H2,1-9H3/t33-,34+,36+,37-,38+,39+,41+,43+,44-,45-,46-/m1/s1. The maximum atomic E-state index is 13.2. The van der Waals surface area contributed by atoms with Crippen molar-refractivity contribution in [3.63, 3.8) is 0 Å². The van der Waals surface area contributed by atoms with Gasteiger partial charge in [0.2, 0.25) is 0 Å². The van der Waals surface area contributed by atoms with Crippen molar-refractivity contribution in [2.75, 3.05) is 0 Å². The summed E-state index contributed by atoms with van der Waals surface area (Å²) >= 11 is 0. The molecule has 5 aliphatic carbocycles.